The average Bonchev–Trinajstić information content (AvgIpc) is 2.27. The van der Waals surface area contributed by atoms with E-state index in [9.17, 15) is 8.42 Å². The molecule has 1 aliphatic heterocycles. The lowest BCUT2D eigenvalue weighted by Gasteiger charge is -2.45. The summed E-state index contributed by atoms with van der Waals surface area (Å²) in [6.07, 6.45) is 3.50. The van der Waals surface area contributed by atoms with Gasteiger partial charge < -0.3 is 5.32 Å². The van der Waals surface area contributed by atoms with Crippen LogP contribution in [0.1, 0.15) is 33.6 Å². The van der Waals surface area contributed by atoms with E-state index in [1.54, 1.807) is 0 Å². The molecular weight excluding hydrogens is 236 g/mol. The van der Waals surface area contributed by atoms with E-state index in [1.807, 2.05) is 6.92 Å². The summed E-state index contributed by atoms with van der Waals surface area (Å²) in [5.41, 5.74) is 0.171. The van der Waals surface area contributed by atoms with E-state index in [1.165, 1.54) is 6.26 Å². The van der Waals surface area contributed by atoms with Gasteiger partial charge in [-0.3, -0.25) is 4.90 Å². The smallest absolute Gasteiger partial charge is 0.148 e. The molecule has 1 N–H and O–H groups in total. The summed E-state index contributed by atoms with van der Waals surface area (Å²) in [5, 5.41) is 3.59. The molecule has 0 aromatic carbocycles. The van der Waals surface area contributed by atoms with Crippen molar-refractivity contribution in [2.24, 2.45) is 0 Å². The van der Waals surface area contributed by atoms with Crippen LogP contribution in [-0.4, -0.2) is 56.5 Å². The molecule has 0 bridgehead atoms. The van der Waals surface area contributed by atoms with Crippen molar-refractivity contribution in [2.45, 2.75) is 45.2 Å². The Morgan fingerprint density at radius 3 is 2.41 bits per heavy atom. The zero-order valence-corrected chi connectivity index (χ0v) is 12.3. The molecule has 0 aromatic rings. The van der Waals surface area contributed by atoms with Crippen LogP contribution in [0.2, 0.25) is 0 Å². The Morgan fingerprint density at radius 1 is 1.35 bits per heavy atom. The van der Waals surface area contributed by atoms with Gasteiger partial charge in [0.15, 0.2) is 0 Å². The third-order valence-electron chi connectivity index (χ3n) is 3.93. The minimum Gasteiger partial charge on any atom is -0.309 e. The Bertz CT molecular complexity index is 336. The van der Waals surface area contributed by atoms with Crippen molar-refractivity contribution in [3.8, 4) is 0 Å². The number of hydrogen-bond acceptors (Lipinski definition) is 4. The van der Waals surface area contributed by atoms with Crippen molar-refractivity contribution in [1.29, 1.82) is 0 Å². The first-order chi connectivity index (χ1) is 7.82. The van der Waals surface area contributed by atoms with Crippen LogP contribution in [0.4, 0.5) is 0 Å². The standard InChI is InChI=1S/C12H26N2O2S/c1-5-12(6-2)10-14(8-7-13-12)11(3)9-17(4,15)16/h11,13H,5-10H2,1-4H3. The molecule has 102 valence electrons. The third kappa shape index (κ3) is 4.23. The van der Waals surface area contributed by atoms with Crippen LogP contribution >= 0.6 is 0 Å². The van der Waals surface area contributed by atoms with Crippen LogP contribution in [0.25, 0.3) is 0 Å². The Balaban J connectivity index is 2.66. The Kier molecular flexibility index (Phi) is 4.98. The topological polar surface area (TPSA) is 49.4 Å². The lowest BCUT2D eigenvalue weighted by molar-refractivity contribution is 0.0994. The van der Waals surface area contributed by atoms with Crippen molar-refractivity contribution in [3.05, 3.63) is 0 Å². The summed E-state index contributed by atoms with van der Waals surface area (Å²) in [5.74, 6) is 0.260. The van der Waals surface area contributed by atoms with Gasteiger partial charge in [-0.15, -0.1) is 0 Å². The van der Waals surface area contributed by atoms with E-state index < -0.39 is 9.84 Å². The van der Waals surface area contributed by atoms with E-state index in [2.05, 4.69) is 24.1 Å². The van der Waals surface area contributed by atoms with Gasteiger partial charge in [-0.1, -0.05) is 13.8 Å². The highest BCUT2D eigenvalue weighted by Crippen LogP contribution is 2.21. The molecule has 1 rings (SSSR count). The molecule has 1 unspecified atom stereocenters. The summed E-state index contributed by atoms with van der Waals surface area (Å²) >= 11 is 0. The second-order valence-corrected chi connectivity index (χ2v) is 7.51. The van der Waals surface area contributed by atoms with Gasteiger partial charge >= 0.3 is 0 Å². The van der Waals surface area contributed by atoms with Crippen molar-refractivity contribution in [2.75, 3.05) is 31.6 Å². The molecule has 1 heterocycles. The van der Waals surface area contributed by atoms with E-state index in [4.69, 9.17) is 0 Å². The Hall–Kier alpha value is -0.130. The molecule has 1 atom stereocenters. The lowest BCUT2D eigenvalue weighted by atomic mass is 9.90. The van der Waals surface area contributed by atoms with Crippen LogP contribution in [-0.2, 0) is 9.84 Å². The van der Waals surface area contributed by atoms with Crippen LogP contribution in [0.15, 0.2) is 0 Å². The zero-order chi connectivity index (χ0) is 13.1. The molecular formula is C12H26N2O2S. The number of sulfone groups is 1. The largest absolute Gasteiger partial charge is 0.309 e. The number of hydrogen-bond donors (Lipinski definition) is 1. The van der Waals surface area contributed by atoms with Gasteiger partial charge in [0.05, 0.1) is 5.75 Å². The molecule has 0 aromatic heterocycles. The number of nitrogens with one attached hydrogen (secondary N) is 1. The van der Waals surface area contributed by atoms with Crippen molar-refractivity contribution < 1.29 is 8.42 Å². The molecule has 1 aliphatic rings. The number of nitrogens with zero attached hydrogens (tertiary/aromatic N) is 1. The van der Waals surface area contributed by atoms with Crippen molar-refractivity contribution >= 4 is 9.84 Å². The Labute approximate surface area is 106 Å². The van der Waals surface area contributed by atoms with Gasteiger partial charge in [0.25, 0.3) is 0 Å². The quantitative estimate of drug-likeness (QED) is 0.799. The third-order valence-corrected chi connectivity index (χ3v) is 5.01. The first-order valence-corrected chi connectivity index (χ1v) is 8.55. The predicted octanol–water partition coefficient (Wildman–Crippen LogP) is 0.884. The van der Waals surface area contributed by atoms with E-state index in [0.29, 0.717) is 0 Å². The second kappa shape index (κ2) is 5.67. The van der Waals surface area contributed by atoms with Crippen LogP contribution in [0, 0.1) is 0 Å². The summed E-state index contributed by atoms with van der Waals surface area (Å²) in [6.45, 7) is 9.26. The van der Waals surface area contributed by atoms with Crippen LogP contribution in [0.5, 0.6) is 0 Å². The van der Waals surface area contributed by atoms with Gasteiger partial charge in [-0.25, -0.2) is 8.42 Å². The maximum absolute atomic E-state index is 11.3. The summed E-state index contributed by atoms with van der Waals surface area (Å²) in [6, 6.07) is 0.115. The maximum Gasteiger partial charge on any atom is 0.148 e. The monoisotopic (exact) mass is 262 g/mol. The van der Waals surface area contributed by atoms with E-state index >= 15 is 0 Å². The normalized spacial score (nSPS) is 23.5. The highest BCUT2D eigenvalue weighted by Gasteiger charge is 2.34. The zero-order valence-electron chi connectivity index (χ0n) is 11.5. The summed E-state index contributed by atoms with van der Waals surface area (Å²) in [4.78, 5) is 2.31. The van der Waals surface area contributed by atoms with E-state index in [-0.39, 0.29) is 17.3 Å². The van der Waals surface area contributed by atoms with Crippen molar-refractivity contribution in [3.63, 3.8) is 0 Å². The first-order valence-electron chi connectivity index (χ1n) is 6.48. The fourth-order valence-electron chi connectivity index (χ4n) is 2.63. The van der Waals surface area contributed by atoms with Crippen molar-refractivity contribution in [1.82, 2.24) is 10.2 Å². The minimum absolute atomic E-state index is 0.115. The average molecular weight is 262 g/mol. The maximum atomic E-state index is 11.3. The highest BCUT2D eigenvalue weighted by molar-refractivity contribution is 7.90. The molecule has 0 spiro atoms. The first kappa shape index (κ1) is 14.9. The van der Waals surface area contributed by atoms with Gasteiger partial charge in [0.2, 0.25) is 0 Å². The van der Waals surface area contributed by atoms with E-state index in [0.717, 1.165) is 32.5 Å². The molecule has 0 aliphatic carbocycles. The molecule has 0 saturated carbocycles. The van der Waals surface area contributed by atoms with Gasteiger partial charge in [0, 0.05) is 37.5 Å². The number of piperazine rings is 1. The summed E-state index contributed by atoms with van der Waals surface area (Å²) < 4.78 is 22.7. The van der Waals surface area contributed by atoms with Crippen LogP contribution in [0.3, 0.4) is 0 Å². The molecule has 5 heteroatoms. The van der Waals surface area contributed by atoms with Gasteiger partial charge in [0.1, 0.15) is 9.84 Å². The Morgan fingerprint density at radius 2 is 1.94 bits per heavy atom. The van der Waals surface area contributed by atoms with Gasteiger partial charge in [-0.05, 0) is 19.8 Å². The molecule has 1 fully saturated rings. The van der Waals surface area contributed by atoms with Gasteiger partial charge in [-0.2, -0.15) is 0 Å². The fraction of sp³-hybridized carbons (Fsp3) is 1.00. The molecule has 4 nitrogen and oxygen atoms in total. The lowest BCUT2D eigenvalue weighted by Crippen LogP contribution is -2.62. The SMILES string of the molecule is CCC1(CC)CN(C(C)CS(C)(=O)=O)CCN1. The highest BCUT2D eigenvalue weighted by atomic mass is 32.2. The number of rotatable bonds is 5. The minimum atomic E-state index is -2.89. The molecule has 1 saturated heterocycles. The molecule has 0 amide bonds. The molecule has 0 radical (unpaired) electrons. The predicted molar refractivity (Wildman–Crippen MR) is 72.1 cm³/mol. The fourth-order valence-corrected chi connectivity index (χ4v) is 3.72. The molecule has 17 heavy (non-hydrogen) atoms. The van der Waals surface area contributed by atoms with Crippen LogP contribution < -0.4 is 5.32 Å². The summed E-state index contributed by atoms with van der Waals surface area (Å²) in [7, 11) is -2.89. The second-order valence-electron chi connectivity index (χ2n) is 5.33.